The molecule has 5 nitrogen and oxygen atoms in total. The fourth-order valence-corrected chi connectivity index (χ4v) is 2.28. The summed E-state index contributed by atoms with van der Waals surface area (Å²) in [5.74, 6) is 0.987. The second-order valence-electron chi connectivity index (χ2n) is 3.52. The Kier molecular flexibility index (Phi) is 6.25. The van der Waals surface area contributed by atoms with Crippen LogP contribution in [0, 0.1) is 0 Å². The first-order valence-corrected chi connectivity index (χ1v) is 6.76. The van der Waals surface area contributed by atoms with E-state index in [1.807, 2.05) is 0 Å². The summed E-state index contributed by atoms with van der Waals surface area (Å²) in [7, 11) is 0. The molecule has 0 bridgehead atoms. The van der Waals surface area contributed by atoms with Crippen molar-refractivity contribution in [1.82, 2.24) is 20.1 Å². The monoisotopic (exact) mass is 244 g/mol. The van der Waals surface area contributed by atoms with Gasteiger partial charge < -0.3 is 5.32 Å². The summed E-state index contributed by atoms with van der Waals surface area (Å²) in [6.45, 7) is 6.92. The van der Waals surface area contributed by atoms with E-state index in [1.165, 1.54) is 0 Å². The minimum atomic E-state index is -0.101. The van der Waals surface area contributed by atoms with Crippen LogP contribution in [0.4, 0.5) is 0 Å². The van der Waals surface area contributed by atoms with Crippen LogP contribution in [0.2, 0.25) is 0 Å². The van der Waals surface area contributed by atoms with Gasteiger partial charge in [0.15, 0.2) is 5.16 Å². The first kappa shape index (κ1) is 13.3. The van der Waals surface area contributed by atoms with E-state index in [4.69, 9.17) is 0 Å². The van der Waals surface area contributed by atoms with Gasteiger partial charge in [-0.1, -0.05) is 25.6 Å². The van der Waals surface area contributed by atoms with E-state index in [1.54, 1.807) is 16.3 Å². The highest BCUT2D eigenvalue weighted by atomic mass is 32.2. The predicted octanol–water partition coefficient (Wildman–Crippen LogP) is 1.07. The van der Waals surface area contributed by atoms with E-state index in [0.717, 1.165) is 43.4 Å². The fourth-order valence-electron chi connectivity index (χ4n) is 1.37. The molecule has 1 aromatic heterocycles. The highest BCUT2D eigenvalue weighted by molar-refractivity contribution is 7.99. The van der Waals surface area contributed by atoms with Crippen LogP contribution in [-0.2, 0) is 6.54 Å². The number of hydrogen-bond acceptors (Lipinski definition) is 4. The van der Waals surface area contributed by atoms with Crippen LogP contribution >= 0.6 is 11.8 Å². The molecule has 6 heteroatoms. The Morgan fingerprint density at radius 2 is 2.31 bits per heavy atom. The van der Waals surface area contributed by atoms with E-state index >= 15 is 0 Å². The van der Waals surface area contributed by atoms with Crippen LogP contribution in [0.1, 0.15) is 26.7 Å². The molecule has 1 heterocycles. The lowest BCUT2D eigenvalue weighted by Crippen LogP contribution is -2.17. The topological polar surface area (TPSA) is 62.7 Å². The van der Waals surface area contributed by atoms with Crippen molar-refractivity contribution in [2.45, 2.75) is 38.4 Å². The molecule has 0 atom stereocenters. The molecule has 0 aliphatic carbocycles. The van der Waals surface area contributed by atoms with E-state index < -0.39 is 0 Å². The molecule has 0 aliphatic rings. The number of aromatic nitrogens is 3. The third kappa shape index (κ3) is 4.02. The van der Waals surface area contributed by atoms with Gasteiger partial charge in [0, 0.05) is 12.3 Å². The molecule has 0 saturated carbocycles. The first-order valence-electron chi connectivity index (χ1n) is 5.78. The van der Waals surface area contributed by atoms with Crippen LogP contribution in [-0.4, -0.2) is 33.6 Å². The normalized spacial score (nSPS) is 10.9. The average Bonchev–Trinajstić information content (AvgIpc) is 2.62. The second-order valence-corrected chi connectivity index (χ2v) is 4.58. The standard InChI is InChI=1S/C10H20N4OS/c1-3-7-14-9(15)12-13-10(14)16-8-5-6-11-4-2/h11H,3-8H2,1-2H3,(H,12,15). The molecule has 0 amide bonds. The van der Waals surface area contributed by atoms with Crippen LogP contribution in [0.25, 0.3) is 0 Å². The van der Waals surface area contributed by atoms with Crippen molar-refractivity contribution in [3.05, 3.63) is 10.5 Å². The van der Waals surface area contributed by atoms with Crippen LogP contribution in [0.15, 0.2) is 9.95 Å². The van der Waals surface area contributed by atoms with Gasteiger partial charge in [0.2, 0.25) is 0 Å². The van der Waals surface area contributed by atoms with E-state index in [9.17, 15) is 4.79 Å². The largest absolute Gasteiger partial charge is 0.343 e. The van der Waals surface area contributed by atoms with E-state index in [2.05, 4.69) is 29.4 Å². The fraction of sp³-hybridized carbons (Fsp3) is 0.800. The molecule has 1 rings (SSSR count). The van der Waals surface area contributed by atoms with Crippen molar-refractivity contribution in [2.24, 2.45) is 0 Å². The number of nitrogens with one attached hydrogen (secondary N) is 2. The Labute approximate surface area is 100 Å². The lowest BCUT2D eigenvalue weighted by molar-refractivity contribution is 0.603. The number of aromatic amines is 1. The van der Waals surface area contributed by atoms with Gasteiger partial charge in [0.05, 0.1) is 0 Å². The second kappa shape index (κ2) is 7.51. The van der Waals surface area contributed by atoms with Crippen molar-refractivity contribution in [3.8, 4) is 0 Å². The highest BCUT2D eigenvalue weighted by Crippen LogP contribution is 2.13. The van der Waals surface area contributed by atoms with Gasteiger partial charge in [-0.25, -0.2) is 9.89 Å². The zero-order valence-corrected chi connectivity index (χ0v) is 10.8. The Morgan fingerprint density at radius 1 is 1.50 bits per heavy atom. The van der Waals surface area contributed by atoms with E-state index in [-0.39, 0.29) is 5.69 Å². The molecule has 0 fully saturated rings. The summed E-state index contributed by atoms with van der Waals surface area (Å²) in [6, 6.07) is 0. The van der Waals surface area contributed by atoms with Gasteiger partial charge in [-0.2, -0.15) is 0 Å². The van der Waals surface area contributed by atoms with Gasteiger partial charge in [0.25, 0.3) is 0 Å². The van der Waals surface area contributed by atoms with Crippen LogP contribution in [0.3, 0.4) is 0 Å². The maximum absolute atomic E-state index is 11.4. The summed E-state index contributed by atoms with van der Waals surface area (Å²) >= 11 is 1.64. The summed E-state index contributed by atoms with van der Waals surface area (Å²) < 4.78 is 1.71. The Morgan fingerprint density at radius 3 is 3.00 bits per heavy atom. The lowest BCUT2D eigenvalue weighted by Gasteiger charge is -2.03. The Hall–Kier alpha value is -0.750. The maximum atomic E-state index is 11.4. The third-order valence-electron chi connectivity index (χ3n) is 2.15. The lowest BCUT2D eigenvalue weighted by atomic mass is 10.5. The van der Waals surface area contributed by atoms with Gasteiger partial charge >= 0.3 is 5.69 Å². The molecule has 1 aromatic rings. The van der Waals surface area contributed by atoms with Crippen LogP contribution in [0.5, 0.6) is 0 Å². The zero-order valence-electron chi connectivity index (χ0n) is 9.95. The summed E-state index contributed by atoms with van der Waals surface area (Å²) in [6.07, 6.45) is 2.04. The molecule has 0 radical (unpaired) electrons. The van der Waals surface area contributed by atoms with Crippen molar-refractivity contribution in [3.63, 3.8) is 0 Å². The smallest absolute Gasteiger partial charge is 0.317 e. The molecule has 0 aromatic carbocycles. The molecule has 0 spiro atoms. The minimum absolute atomic E-state index is 0.101. The Bertz CT molecular complexity index is 347. The molecule has 0 saturated heterocycles. The van der Waals surface area contributed by atoms with E-state index in [0.29, 0.717) is 0 Å². The van der Waals surface area contributed by atoms with Gasteiger partial charge in [0.1, 0.15) is 0 Å². The maximum Gasteiger partial charge on any atom is 0.343 e. The molecule has 0 aliphatic heterocycles. The summed E-state index contributed by atoms with van der Waals surface area (Å²) in [5.41, 5.74) is -0.101. The first-order chi connectivity index (χ1) is 7.79. The van der Waals surface area contributed by atoms with Gasteiger partial charge in [-0.15, -0.1) is 5.10 Å². The van der Waals surface area contributed by atoms with Crippen molar-refractivity contribution in [1.29, 1.82) is 0 Å². The Balaban J connectivity index is 2.38. The average molecular weight is 244 g/mol. The van der Waals surface area contributed by atoms with Crippen molar-refractivity contribution < 1.29 is 0 Å². The number of hydrogen-bond donors (Lipinski definition) is 2. The molecule has 2 N–H and O–H groups in total. The highest BCUT2D eigenvalue weighted by Gasteiger charge is 2.06. The molecular formula is C10H20N4OS. The number of nitrogens with zero attached hydrogens (tertiary/aromatic N) is 2. The SMILES string of the molecule is CCCn1c(SCCCNCC)n[nH]c1=O. The quantitative estimate of drug-likeness (QED) is 0.530. The molecule has 16 heavy (non-hydrogen) atoms. The summed E-state index contributed by atoms with van der Waals surface area (Å²) in [4.78, 5) is 11.4. The molecule has 0 unspecified atom stereocenters. The molecule has 92 valence electrons. The third-order valence-corrected chi connectivity index (χ3v) is 3.21. The number of H-pyrrole nitrogens is 1. The van der Waals surface area contributed by atoms with Gasteiger partial charge in [-0.3, -0.25) is 4.57 Å². The molecular weight excluding hydrogens is 224 g/mol. The number of rotatable bonds is 8. The van der Waals surface area contributed by atoms with Crippen LogP contribution < -0.4 is 11.0 Å². The minimum Gasteiger partial charge on any atom is -0.317 e. The summed E-state index contributed by atoms with van der Waals surface area (Å²) in [5, 5.41) is 10.6. The van der Waals surface area contributed by atoms with Crippen molar-refractivity contribution >= 4 is 11.8 Å². The predicted molar refractivity (Wildman–Crippen MR) is 67.0 cm³/mol. The number of thioether (sulfide) groups is 1. The van der Waals surface area contributed by atoms with Gasteiger partial charge in [-0.05, 0) is 25.9 Å². The van der Waals surface area contributed by atoms with Crippen molar-refractivity contribution in [2.75, 3.05) is 18.8 Å². The zero-order chi connectivity index (χ0) is 11.8.